The van der Waals surface area contributed by atoms with Gasteiger partial charge in [0.1, 0.15) is 17.4 Å². The molecule has 3 atom stereocenters. The van der Waals surface area contributed by atoms with E-state index in [1.807, 2.05) is 0 Å². The van der Waals surface area contributed by atoms with Crippen LogP contribution in [0.4, 0.5) is 0 Å². The van der Waals surface area contributed by atoms with Gasteiger partial charge in [0, 0.05) is 12.5 Å². The lowest BCUT2D eigenvalue weighted by atomic mass is 9.91. The summed E-state index contributed by atoms with van der Waals surface area (Å²) in [5, 5.41) is 4.79. The molecule has 0 N–H and O–H groups in total. The fourth-order valence-corrected chi connectivity index (χ4v) is 3.67. The van der Waals surface area contributed by atoms with E-state index < -0.39 is 23.6 Å². The lowest BCUT2D eigenvalue weighted by Crippen LogP contribution is -2.41. The molecule has 1 heterocycles. The van der Waals surface area contributed by atoms with Gasteiger partial charge in [0.15, 0.2) is 11.7 Å². The molecule has 7 heteroatoms. The molecular formula is C15H13Cl2NO4. The number of Topliss-reactive ketones (excluding diaryl/α,β-unsaturated/α-hetero) is 1. The Labute approximate surface area is 137 Å². The minimum absolute atomic E-state index is 0.0724. The van der Waals surface area contributed by atoms with Crippen molar-refractivity contribution in [2.75, 3.05) is 0 Å². The fourth-order valence-electron chi connectivity index (χ4n) is 3.08. The van der Waals surface area contributed by atoms with Crippen LogP contribution in [0.1, 0.15) is 25.8 Å². The van der Waals surface area contributed by atoms with E-state index in [2.05, 4.69) is 5.16 Å². The Morgan fingerprint density at radius 2 is 2.05 bits per heavy atom. The van der Waals surface area contributed by atoms with E-state index in [9.17, 15) is 9.59 Å². The number of halogens is 2. The van der Waals surface area contributed by atoms with E-state index in [-0.39, 0.29) is 12.2 Å². The Morgan fingerprint density at radius 1 is 1.41 bits per heavy atom. The minimum Gasteiger partial charge on any atom is -0.455 e. The van der Waals surface area contributed by atoms with Crippen LogP contribution in [0.5, 0.6) is 0 Å². The number of hydrogen-bond donors (Lipinski definition) is 0. The summed E-state index contributed by atoms with van der Waals surface area (Å²) >= 11 is 12.4. The van der Waals surface area contributed by atoms with Gasteiger partial charge in [-0.05, 0) is 19.1 Å². The van der Waals surface area contributed by atoms with E-state index in [0.717, 1.165) is 0 Å². The van der Waals surface area contributed by atoms with Crippen molar-refractivity contribution in [1.29, 1.82) is 0 Å². The predicted molar refractivity (Wildman–Crippen MR) is 81.2 cm³/mol. The monoisotopic (exact) mass is 341 g/mol. The molecule has 5 nitrogen and oxygen atoms in total. The van der Waals surface area contributed by atoms with Crippen LogP contribution in [-0.2, 0) is 19.2 Å². The molecule has 1 aliphatic heterocycles. The van der Waals surface area contributed by atoms with Crippen LogP contribution >= 0.6 is 23.2 Å². The number of carbonyl (C=O) groups is 2. The molecule has 0 saturated heterocycles. The summed E-state index contributed by atoms with van der Waals surface area (Å²) in [7, 11) is 0. The van der Waals surface area contributed by atoms with E-state index in [1.54, 1.807) is 25.1 Å². The molecule has 0 unspecified atom stereocenters. The van der Waals surface area contributed by atoms with Gasteiger partial charge in [-0.2, -0.15) is 0 Å². The Hall–Kier alpha value is -1.59. The third-order valence-corrected chi connectivity index (χ3v) is 4.56. The second-order valence-electron chi connectivity index (χ2n) is 5.63. The van der Waals surface area contributed by atoms with Gasteiger partial charge in [-0.3, -0.25) is 9.59 Å². The quantitative estimate of drug-likeness (QED) is 0.775. The number of ketones is 1. The van der Waals surface area contributed by atoms with Gasteiger partial charge < -0.3 is 9.57 Å². The van der Waals surface area contributed by atoms with Crippen LogP contribution in [0.15, 0.2) is 23.4 Å². The van der Waals surface area contributed by atoms with Gasteiger partial charge in [-0.25, -0.2) is 0 Å². The van der Waals surface area contributed by atoms with Gasteiger partial charge in [0.2, 0.25) is 0 Å². The summed E-state index contributed by atoms with van der Waals surface area (Å²) in [5.41, 5.74) is -0.160. The zero-order valence-electron chi connectivity index (χ0n) is 11.9. The molecule has 0 spiro atoms. The molecule has 1 aromatic rings. The highest BCUT2D eigenvalue weighted by Crippen LogP contribution is 2.44. The third-order valence-electron chi connectivity index (χ3n) is 3.93. The largest absolute Gasteiger partial charge is 0.455 e. The van der Waals surface area contributed by atoms with Crippen molar-refractivity contribution in [3.63, 3.8) is 0 Å². The van der Waals surface area contributed by atoms with Crippen molar-refractivity contribution in [2.45, 2.75) is 32.0 Å². The molecule has 0 radical (unpaired) electrons. The first-order chi connectivity index (χ1) is 10.3. The number of hydrogen-bond acceptors (Lipinski definition) is 5. The lowest BCUT2D eigenvalue weighted by Gasteiger charge is -2.27. The molecule has 22 heavy (non-hydrogen) atoms. The van der Waals surface area contributed by atoms with Crippen LogP contribution in [0.25, 0.3) is 0 Å². The summed E-state index contributed by atoms with van der Waals surface area (Å²) in [6.45, 7) is 2.97. The van der Waals surface area contributed by atoms with E-state index in [1.165, 1.54) is 6.92 Å². The predicted octanol–water partition coefficient (Wildman–Crippen LogP) is 3.01. The summed E-state index contributed by atoms with van der Waals surface area (Å²) in [5.74, 6) is -1.22. The van der Waals surface area contributed by atoms with E-state index in [0.29, 0.717) is 21.3 Å². The Kier molecular flexibility index (Phi) is 3.65. The number of oxime groups is 1. The van der Waals surface area contributed by atoms with Crippen LogP contribution < -0.4 is 0 Å². The number of benzene rings is 1. The normalized spacial score (nSPS) is 29.8. The second-order valence-corrected chi connectivity index (χ2v) is 6.44. The topological polar surface area (TPSA) is 65.0 Å². The van der Waals surface area contributed by atoms with Crippen LogP contribution in [-0.4, -0.2) is 29.2 Å². The van der Waals surface area contributed by atoms with Crippen molar-refractivity contribution in [3.05, 3.63) is 33.8 Å². The number of rotatable bonds is 2. The van der Waals surface area contributed by atoms with Crippen molar-refractivity contribution in [3.8, 4) is 0 Å². The van der Waals surface area contributed by atoms with Crippen molar-refractivity contribution in [2.24, 2.45) is 11.1 Å². The molecule has 2 aliphatic rings. The van der Waals surface area contributed by atoms with Gasteiger partial charge in [0.05, 0.1) is 16.5 Å². The zero-order valence-corrected chi connectivity index (χ0v) is 13.4. The number of fused-ring (bicyclic) bond motifs is 1. The van der Waals surface area contributed by atoms with Gasteiger partial charge in [-0.1, -0.05) is 34.4 Å². The first-order valence-electron chi connectivity index (χ1n) is 6.74. The molecular weight excluding hydrogens is 329 g/mol. The summed E-state index contributed by atoms with van der Waals surface area (Å²) in [4.78, 5) is 29.1. The van der Waals surface area contributed by atoms with Gasteiger partial charge >= 0.3 is 5.97 Å². The van der Waals surface area contributed by atoms with E-state index >= 15 is 0 Å². The molecule has 1 saturated carbocycles. The third kappa shape index (κ3) is 2.29. The molecule has 0 aromatic heterocycles. The molecule has 1 fully saturated rings. The molecule has 116 valence electrons. The first kappa shape index (κ1) is 15.3. The zero-order chi connectivity index (χ0) is 16.1. The van der Waals surface area contributed by atoms with Gasteiger partial charge in [-0.15, -0.1) is 0 Å². The SMILES string of the molecule is CC(=O)O[C@@]1(C)CC(=O)[C@H]2C(c3c(Cl)cccc3Cl)=NO[C@H]21. The Morgan fingerprint density at radius 3 is 2.64 bits per heavy atom. The standard InChI is InChI=1S/C15H13Cl2NO4/c1-7(19)21-15(2)6-10(20)12-13(18-22-14(12)15)11-8(16)4-3-5-9(11)17/h3-5,12,14H,6H2,1-2H3/t12-,14+,15-/m0/s1. The summed E-state index contributed by atoms with van der Waals surface area (Å²) in [6, 6.07) is 5.05. The number of esters is 1. The van der Waals surface area contributed by atoms with Crippen LogP contribution in [0.3, 0.4) is 0 Å². The molecule has 1 aromatic carbocycles. The lowest BCUT2D eigenvalue weighted by molar-refractivity contribution is -0.168. The maximum absolute atomic E-state index is 12.4. The fraction of sp³-hybridized carbons (Fsp3) is 0.400. The highest BCUT2D eigenvalue weighted by Gasteiger charge is 2.60. The van der Waals surface area contributed by atoms with Crippen LogP contribution in [0, 0.1) is 5.92 Å². The number of carbonyl (C=O) groups excluding carboxylic acids is 2. The Bertz CT molecular complexity index is 683. The average Bonchev–Trinajstić information content (AvgIpc) is 2.91. The summed E-state index contributed by atoms with van der Waals surface area (Å²) < 4.78 is 5.30. The molecule has 3 rings (SSSR count). The van der Waals surface area contributed by atoms with E-state index in [4.69, 9.17) is 32.8 Å². The maximum Gasteiger partial charge on any atom is 0.303 e. The van der Waals surface area contributed by atoms with Crippen molar-refractivity contribution < 1.29 is 19.2 Å². The van der Waals surface area contributed by atoms with Crippen molar-refractivity contribution >= 4 is 40.7 Å². The highest BCUT2D eigenvalue weighted by molar-refractivity contribution is 6.41. The molecule has 1 aliphatic carbocycles. The second kappa shape index (κ2) is 5.25. The number of nitrogens with zero attached hydrogens (tertiary/aromatic N) is 1. The highest BCUT2D eigenvalue weighted by atomic mass is 35.5. The average molecular weight is 342 g/mol. The first-order valence-corrected chi connectivity index (χ1v) is 7.49. The minimum atomic E-state index is -1.04. The molecule has 0 bridgehead atoms. The maximum atomic E-state index is 12.4. The smallest absolute Gasteiger partial charge is 0.303 e. The number of ether oxygens (including phenoxy) is 1. The van der Waals surface area contributed by atoms with Gasteiger partial charge in [0.25, 0.3) is 0 Å². The summed E-state index contributed by atoms with van der Waals surface area (Å²) in [6.07, 6.45) is -0.588. The van der Waals surface area contributed by atoms with Crippen LogP contribution in [0.2, 0.25) is 10.0 Å². The van der Waals surface area contributed by atoms with Crippen molar-refractivity contribution in [1.82, 2.24) is 0 Å². The Balaban J connectivity index is 2.00. The molecule has 0 amide bonds.